The van der Waals surface area contributed by atoms with Crippen LogP contribution < -0.4 is 4.90 Å². The molecule has 0 atom stereocenters. The molecule has 0 bridgehead atoms. The van der Waals surface area contributed by atoms with E-state index in [-0.39, 0.29) is 5.75 Å². The van der Waals surface area contributed by atoms with Crippen molar-refractivity contribution in [1.29, 1.82) is 0 Å². The number of rotatable bonds is 4. The van der Waals surface area contributed by atoms with Crippen LogP contribution in [0.4, 0.5) is 0 Å². The van der Waals surface area contributed by atoms with Crippen molar-refractivity contribution in [3.8, 4) is 0 Å². The first-order chi connectivity index (χ1) is 11.1. The smallest absolute Gasteiger partial charge is 0.214 e. The summed E-state index contributed by atoms with van der Waals surface area (Å²) >= 11 is 0. The van der Waals surface area contributed by atoms with Gasteiger partial charge in [-0.3, -0.25) is 0 Å². The van der Waals surface area contributed by atoms with Crippen molar-refractivity contribution in [3.05, 3.63) is 35.9 Å². The average molecular weight is 338 g/mol. The van der Waals surface area contributed by atoms with Gasteiger partial charge in [-0.25, -0.2) is 8.42 Å². The molecule has 2 fully saturated rings. The molecule has 1 heterocycles. The predicted octanol–water partition coefficient (Wildman–Crippen LogP) is 1.26. The lowest BCUT2D eigenvalue weighted by Gasteiger charge is -2.39. The van der Waals surface area contributed by atoms with E-state index in [2.05, 4.69) is 30.3 Å². The number of hydrogen-bond donors (Lipinski definition) is 1. The number of hydrogen-bond acceptors (Lipinski definition) is 2. The summed E-state index contributed by atoms with van der Waals surface area (Å²) in [6, 6.07) is 11.6. The van der Waals surface area contributed by atoms with Crippen LogP contribution in [-0.4, -0.2) is 50.7 Å². The van der Waals surface area contributed by atoms with Gasteiger partial charge in [-0.2, -0.15) is 4.31 Å². The molecule has 5 heteroatoms. The topological polar surface area (TPSA) is 41.8 Å². The minimum atomic E-state index is -3.00. The molecule has 1 aliphatic heterocycles. The van der Waals surface area contributed by atoms with Crippen molar-refractivity contribution in [2.45, 2.75) is 44.6 Å². The van der Waals surface area contributed by atoms with Gasteiger partial charge in [-0.15, -0.1) is 0 Å². The molecule has 1 aromatic carbocycles. The molecule has 0 spiro atoms. The normalized spacial score (nSPS) is 27.9. The fraction of sp³-hybridized carbons (Fsp3) is 0.667. The summed E-state index contributed by atoms with van der Waals surface area (Å²) in [5.41, 5.74) is 1.49. The molecular formula is C18H29N2O2S+. The van der Waals surface area contributed by atoms with Gasteiger partial charge in [0.15, 0.2) is 0 Å². The Balaban J connectivity index is 1.50. The highest BCUT2D eigenvalue weighted by molar-refractivity contribution is 7.89. The van der Waals surface area contributed by atoms with Crippen LogP contribution in [-0.2, 0) is 10.0 Å². The van der Waals surface area contributed by atoms with Crippen molar-refractivity contribution in [2.24, 2.45) is 0 Å². The first kappa shape index (κ1) is 16.9. The lowest BCUT2D eigenvalue weighted by atomic mass is 9.81. The summed E-state index contributed by atoms with van der Waals surface area (Å²) in [4.78, 5) is 1.62. The molecule has 2 aliphatic rings. The van der Waals surface area contributed by atoms with Crippen LogP contribution in [0.15, 0.2) is 30.3 Å². The van der Waals surface area contributed by atoms with Crippen molar-refractivity contribution in [3.63, 3.8) is 0 Å². The summed E-state index contributed by atoms with van der Waals surface area (Å²) < 4.78 is 25.6. The van der Waals surface area contributed by atoms with Gasteiger partial charge in [0.1, 0.15) is 0 Å². The van der Waals surface area contributed by atoms with E-state index in [0.717, 1.165) is 19.1 Å². The number of sulfonamides is 1. The lowest BCUT2D eigenvalue weighted by molar-refractivity contribution is -0.930. The van der Waals surface area contributed by atoms with Gasteiger partial charge in [-0.1, -0.05) is 30.3 Å². The van der Waals surface area contributed by atoms with E-state index in [9.17, 15) is 8.42 Å². The van der Waals surface area contributed by atoms with E-state index < -0.39 is 10.0 Å². The number of nitrogens with zero attached hydrogens (tertiary/aromatic N) is 1. The van der Waals surface area contributed by atoms with Crippen molar-refractivity contribution < 1.29 is 13.3 Å². The van der Waals surface area contributed by atoms with Crippen LogP contribution in [0.5, 0.6) is 0 Å². The highest BCUT2D eigenvalue weighted by atomic mass is 32.2. The first-order valence-electron chi connectivity index (χ1n) is 8.97. The van der Waals surface area contributed by atoms with Crippen molar-refractivity contribution in [1.82, 2.24) is 4.31 Å². The second-order valence-corrected chi connectivity index (χ2v) is 9.17. The molecule has 1 aliphatic carbocycles. The van der Waals surface area contributed by atoms with Crippen molar-refractivity contribution >= 4 is 10.0 Å². The van der Waals surface area contributed by atoms with Crippen LogP contribution in [0.25, 0.3) is 0 Å². The van der Waals surface area contributed by atoms with E-state index in [4.69, 9.17) is 0 Å². The van der Waals surface area contributed by atoms with Crippen LogP contribution >= 0.6 is 0 Å². The molecular weight excluding hydrogens is 308 g/mol. The monoisotopic (exact) mass is 337 g/mol. The van der Waals surface area contributed by atoms with Gasteiger partial charge in [0.2, 0.25) is 10.0 Å². The van der Waals surface area contributed by atoms with Gasteiger partial charge >= 0.3 is 0 Å². The molecule has 4 nitrogen and oxygen atoms in total. The third kappa shape index (κ3) is 3.95. The molecule has 1 aromatic rings. The van der Waals surface area contributed by atoms with E-state index in [1.807, 2.05) is 0 Å². The van der Waals surface area contributed by atoms with Crippen LogP contribution in [0.1, 0.15) is 44.1 Å². The molecule has 128 valence electrons. The minimum absolute atomic E-state index is 0.227. The van der Waals surface area contributed by atoms with Gasteiger partial charge in [-0.05, 0) is 44.1 Å². The molecule has 1 N–H and O–H groups in total. The fourth-order valence-corrected chi connectivity index (χ4v) is 5.31. The zero-order chi connectivity index (χ0) is 16.3. The highest BCUT2D eigenvalue weighted by Gasteiger charge is 2.34. The van der Waals surface area contributed by atoms with Crippen LogP contribution in [0.2, 0.25) is 0 Å². The van der Waals surface area contributed by atoms with Gasteiger partial charge in [0, 0.05) is 0 Å². The summed E-state index contributed by atoms with van der Waals surface area (Å²) in [7, 11) is -3.00. The summed E-state index contributed by atoms with van der Waals surface area (Å²) in [6.45, 7) is 5.08. The largest absolute Gasteiger partial charge is 0.330 e. The molecule has 23 heavy (non-hydrogen) atoms. The molecule has 0 aromatic heterocycles. The van der Waals surface area contributed by atoms with Crippen LogP contribution in [0, 0.1) is 0 Å². The zero-order valence-corrected chi connectivity index (χ0v) is 14.9. The molecule has 3 rings (SSSR count). The Hall–Kier alpha value is -0.910. The van der Waals surface area contributed by atoms with E-state index >= 15 is 0 Å². The quantitative estimate of drug-likeness (QED) is 0.899. The van der Waals surface area contributed by atoms with E-state index in [1.54, 1.807) is 16.1 Å². The molecule has 0 radical (unpaired) electrons. The van der Waals surface area contributed by atoms with Gasteiger partial charge in [0.05, 0.1) is 38.0 Å². The molecule has 1 saturated carbocycles. The number of piperazine rings is 1. The zero-order valence-electron chi connectivity index (χ0n) is 14.1. The third-order valence-electron chi connectivity index (χ3n) is 5.70. The minimum Gasteiger partial charge on any atom is -0.330 e. The maximum Gasteiger partial charge on any atom is 0.214 e. The average Bonchev–Trinajstić information content (AvgIpc) is 2.63. The molecule has 0 amide bonds. The van der Waals surface area contributed by atoms with E-state index in [0.29, 0.717) is 19.0 Å². The summed E-state index contributed by atoms with van der Waals surface area (Å²) in [5.74, 6) is 0.943. The second-order valence-electron chi connectivity index (χ2n) is 6.92. The summed E-state index contributed by atoms with van der Waals surface area (Å²) in [6.07, 6.45) is 5.09. The Morgan fingerprint density at radius 3 is 2.22 bits per heavy atom. The van der Waals surface area contributed by atoms with E-state index in [1.165, 1.54) is 31.2 Å². The maximum absolute atomic E-state index is 12.0. The number of quaternary nitrogens is 1. The Kier molecular flexibility index (Phi) is 5.39. The predicted molar refractivity (Wildman–Crippen MR) is 93.2 cm³/mol. The van der Waals surface area contributed by atoms with Gasteiger partial charge in [0.25, 0.3) is 0 Å². The first-order valence-corrected chi connectivity index (χ1v) is 10.6. The molecule has 0 unspecified atom stereocenters. The highest BCUT2D eigenvalue weighted by Crippen LogP contribution is 2.31. The standard InChI is InChI=1S/C18H28N2O2S/c1-2-23(21,22)20-14-12-19(13-15-20)18-10-8-17(9-11-18)16-6-4-3-5-7-16/h3-7,17-18H,2,8-15H2,1H3/p+1. The fourth-order valence-electron chi connectivity index (χ4n) is 4.20. The lowest BCUT2D eigenvalue weighted by Crippen LogP contribution is -3.18. The Bertz CT molecular complexity index is 587. The van der Waals surface area contributed by atoms with Gasteiger partial charge < -0.3 is 4.90 Å². The Morgan fingerprint density at radius 1 is 1.04 bits per heavy atom. The third-order valence-corrected chi connectivity index (χ3v) is 7.58. The Morgan fingerprint density at radius 2 is 1.65 bits per heavy atom. The maximum atomic E-state index is 12.0. The Labute approximate surface area is 140 Å². The number of benzene rings is 1. The van der Waals surface area contributed by atoms with Crippen LogP contribution in [0.3, 0.4) is 0 Å². The van der Waals surface area contributed by atoms with Crippen molar-refractivity contribution in [2.75, 3.05) is 31.9 Å². The SMILES string of the molecule is CCS(=O)(=O)N1CC[NH+](C2CCC(c3ccccc3)CC2)CC1. The molecule has 1 saturated heterocycles. The summed E-state index contributed by atoms with van der Waals surface area (Å²) in [5, 5.41) is 0. The number of nitrogens with one attached hydrogen (secondary N) is 1. The second kappa shape index (κ2) is 7.32.